The van der Waals surface area contributed by atoms with Gasteiger partial charge < -0.3 is 19.1 Å². The van der Waals surface area contributed by atoms with Crippen LogP contribution in [0.2, 0.25) is 0 Å². The van der Waals surface area contributed by atoms with Gasteiger partial charge in [0.1, 0.15) is 6.04 Å². The van der Waals surface area contributed by atoms with Crippen LogP contribution >= 0.6 is 0 Å². The van der Waals surface area contributed by atoms with Crippen molar-refractivity contribution in [3.63, 3.8) is 0 Å². The fraction of sp³-hybridized carbons (Fsp3) is 0.171. The highest BCUT2D eigenvalue weighted by molar-refractivity contribution is 6.24. The van der Waals surface area contributed by atoms with Crippen molar-refractivity contribution < 1.29 is 28.6 Å². The van der Waals surface area contributed by atoms with E-state index in [0.717, 1.165) is 22.4 Å². The van der Waals surface area contributed by atoms with Crippen molar-refractivity contribution >= 4 is 35.2 Å². The van der Waals surface area contributed by atoms with Crippen molar-refractivity contribution in [2.75, 3.05) is 16.6 Å². The predicted molar refractivity (Wildman–Crippen MR) is 158 cm³/mol. The summed E-state index contributed by atoms with van der Waals surface area (Å²) >= 11 is 0. The van der Waals surface area contributed by atoms with Crippen molar-refractivity contribution in [2.45, 2.75) is 18.2 Å². The van der Waals surface area contributed by atoms with Gasteiger partial charge in [0.25, 0.3) is 0 Å². The number of esters is 1. The maximum absolute atomic E-state index is 14.5. The predicted octanol–water partition coefficient (Wildman–Crippen LogP) is 5.14. The highest BCUT2D eigenvalue weighted by atomic mass is 16.7. The van der Waals surface area contributed by atoms with Crippen LogP contribution in [0.25, 0.3) is 6.08 Å². The van der Waals surface area contributed by atoms with E-state index in [4.69, 9.17) is 14.2 Å². The molecule has 8 rings (SSSR count). The third-order valence-corrected chi connectivity index (χ3v) is 8.71. The van der Waals surface area contributed by atoms with E-state index in [0.29, 0.717) is 17.2 Å². The molecule has 0 bridgehead atoms. The van der Waals surface area contributed by atoms with Crippen LogP contribution in [0.15, 0.2) is 109 Å². The minimum absolute atomic E-state index is 0.0745. The van der Waals surface area contributed by atoms with Gasteiger partial charge >= 0.3 is 5.97 Å². The zero-order valence-electron chi connectivity index (χ0n) is 22.9. The third-order valence-electron chi connectivity index (χ3n) is 8.71. The average molecular weight is 571 g/mol. The molecule has 0 radical (unpaired) electrons. The van der Waals surface area contributed by atoms with Crippen LogP contribution in [0.4, 0.5) is 11.4 Å². The highest BCUT2D eigenvalue weighted by Crippen LogP contribution is 2.50. The fourth-order valence-electron chi connectivity index (χ4n) is 6.83. The molecule has 0 saturated carbocycles. The lowest BCUT2D eigenvalue weighted by atomic mass is 9.88. The molecule has 2 amide bonds. The molecule has 4 aromatic rings. The molecular formula is C35H26N2O6. The number of hydrogen-bond acceptors (Lipinski definition) is 7. The maximum Gasteiger partial charge on any atom is 0.330 e. The van der Waals surface area contributed by atoms with E-state index >= 15 is 0 Å². The van der Waals surface area contributed by atoms with Gasteiger partial charge in [0.15, 0.2) is 17.6 Å². The first-order chi connectivity index (χ1) is 21.1. The van der Waals surface area contributed by atoms with Gasteiger partial charge in [-0.1, -0.05) is 91.0 Å². The quantitative estimate of drug-likeness (QED) is 0.243. The fourth-order valence-corrected chi connectivity index (χ4v) is 6.83. The molecule has 43 heavy (non-hydrogen) atoms. The molecule has 0 unspecified atom stereocenters. The van der Waals surface area contributed by atoms with Crippen molar-refractivity contribution in [3.8, 4) is 11.5 Å². The minimum atomic E-state index is -1.02. The number of fused-ring (bicyclic) bond motifs is 6. The smallest absolute Gasteiger partial charge is 0.330 e. The Labute approximate surface area is 247 Å². The topological polar surface area (TPSA) is 85.4 Å². The molecule has 4 atom stereocenters. The second-order valence-electron chi connectivity index (χ2n) is 11.0. The number of nitrogens with zero attached hydrogens (tertiary/aromatic N) is 2. The molecular weight excluding hydrogens is 544 g/mol. The third kappa shape index (κ3) is 3.94. The van der Waals surface area contributed by atoms with Crippen LogP contribution < -0.4 is 19.3 Å². The largest absolute Gasteiger partial charge is 0.454 e. The monoisotopic (exact) mass is 570 g/mol. The van der Waals surface area contributed by atoms with Gasteiger partial charge in [0, 0.05) is 11.8 Å². The van der Waals surface area contributed by atoms with Gasteiger partial charge in [-0.15, -0.1) is 0 Å². The van der Waals surface area contributed by atoms with Crippen molar-refractivity contribution in [1.29, 1.82) is 0 Å². The zero-order chi connectivity index (χ0) is 29.1. The second kappa shape index (κ2) is 9.87. The van der Waals surface area contributed by atoms with Crippen molar-refractivity contribution in [2.24, 2.45) is 11.8 Å². The molecule has 0 aliphatic carbocycles. The summed E-state index contributed by atoms with van der Waals surface area (Å²) in [5.41, 5.74) is 3.70. The Morgan fingerprint density at radius 3 is 2.16 bits per heavy atom. The van der Waals surface area contributed by atoms with Gasteiger partial charge in [-0.2, -0.15) is 0 Å². The normalized spacial score (nSPS) is 22.9. The highest BCUT2D eigenvalue weighted by Gasteiger charge is 2.65. The number of carbonyl (C=O) groups is 3. The minimum Gasteiger partial charge on any atom is -0.454 e. The van der Waals surface area contributed by atoms with E-state index in [2.05, 4.69) is 0 Å². The maximum atomic E-state index is 14.5. The summed E-state index contributed by atoms with van der Waals surface area (Å²) in [7, 11) is 0. The van der Waals surface area contributed by atoms with E-state index in [1.807, 2.05) is 102 Å². The number of hydrogen-bond donors (Lipinski definition) is 0. The summed E-state index contributed by atoms with van der Waals surface area (Å²) in [6.45, 7) is 0.0745. The number of amides is 2. The van der Waals surface area contributed by atoms with Crippen LogP contribution in [-0.2, 0) is 19.1 Å². The summed E-state index contributed by atoms with van der Waals surface area (Å²) in [5, 5.41) is 0. The first-order valence-electron chi connectivity index (χ1n) is 14.2. The number of para-hydroxylation sites is 1. The first kappa shape index (κ1) is 25.3. The van der Waals surface area contributed by atoms with E-state index in [9.17, 15) is 14.4 Å². The molecule has 0 spiro atoms. The molecule has 2 saturated heterocycles. The average Bonchev–Trinajstić information content (AvgIpc) is 3.73. The molecule has 8 heteroatoms. The number of rotatable bonds is 5. The summed E-state index contributed by atoms with van der Waals surface area (Å²) in [5.74, 6) is -2.06. The number of anilines is 2. The molecule has 4 aliphatic rings. The van der Waals surface area contributed by atoms with Crippen molar-refractivity contribution in [1.82, 2.24) is 0 Å². The Bertz CT molecular complexity index is 1750. The number of carbonyl (C=O) groups excluding carboxylic acids is 3. The molecule has 212 valence electrons. The molecule has 4 aliphatic heterocycles. The van der Waals surface area contributed by atoms with Crippen LogP contribution in [-0.4, -0.2) is 36.7 Å². The molecule has 0 N–H and O–H groups in total. The molecule has 2 fully saturated rings. The van der Waals surface area contributed by atoms with Gasteiger partial charge in [0.2, 0.25) is 18.6 Å². The Hall–Kier alpha value is -5.37. The lowest BCUT2D eigenvalue weighted by Crippen LogP contribution is -2.49. The summed E-state index contributed by atoms with van der Waals surface area (Å²) in [6.07, 6.45) is 3.19. The zero-order valence-corrected chi connectivity index (χ0v) is 22.9. The summed E-state index contributed by atoms with van der Waals surface area (Å²) in [6, 6.07) is 30.2. The van der Waals surface area contributed by atoms with E-state index in [-0.39, 0.29) is 12.7 Å². The van der Waals surface area contributed by atoms with E-state index in [1.54, 1.807) is 18.2 Å². The Morgan fingerprint density at radius 2 is 1.42 bits per heavy atom. The van der Waals surface area contributed by atoms with Crippen molar-refractivity contribution in [3.05, 3.63) is 126 Å². The number of benzene rings is 4. The Kier molecular flexibility index (Phi) is 5.82. The van der Waals surface area contributed by atoms with E-state index < -0.39 is 41.9 Å². The van der Waals surface area contributed by atoms with Gasteiger partial charge in [-0.05, 0) is 34.9 Å². The molecule has 8 nitrogen and oxygen atoms in total. The SMILES string of the molecule is O=C(OC(c1ccccc1)c1ccccc1)[C@@H]1[C@H]2C(=O)N(c3ccc4c(c3)OCO4)C(=O)[C@@H]2[C@H]2C=Cc3ccccc3N21. The summed E-state index contributed by atoms with van der Waals surface area (Å²) < 4.78 is 17.3. The van der Waals surface area contributed by atoms with Gasteiger partial charge in [-0.3, -0.25) is 9.59 Å². The number of ether oxygens (including phenoxy) is 3. The molecule has 4 aromatic carbocycles. The molecule has 0 aromatic heterocycles. The van der Waals surface area contributed by atoms with Crippen LogP contribution in [0.3, 0.4) is 0 Å². The Morgan fingerprint density at radius 1 is 0.767 bits per heavy atom. The Balaban J connectivity index is 1.21. The van der Waals surface area contributed by atoms with Gasteiger partial charge in [-0.25, -0.2) is 9.69 Å². The standard InChI is InChI=1S/C35H26N2O6/c38-33-29-26-17-15-21-9-7-8-14-25(21)37(26)31(30(29)34(39)36(33)24-16-18-27-28(19-24)42-20-41-27)35(40)43-32(22-10-3-1-4-11-22)23-12-5-2-6-13-23/h1-19,26,29-32H,20H2/t26-,29-,30+,31+/m1/s1. The van der Waals surface area contributed by atoms with Gasteiger partial charge in [0.05, 0.1) is 23.6 Å². The lowest BCUT2D eigenvalue weighted by molar-refractivity contribution is -0.151. The van der Waals surface area contributed by atoms with E-state index in [1.165, 1.54) is 4.90 Å². The van der Waals surface area contributed by atoms with Crippen LogP contribution in [0.1, 0.15) is 22.8 Å². The molecule has 4 heterocycles. The summed E-state index contributed by atoms with van der Waals surface area (Å²) in [4.78, 5) is 45.9. The first-order valence-corrected chi connectivity index (χ1v) is 14.2. The number of imide groups is 1. The van der Waals surface area contributed by atoms with Crippen LogP contribution in [0.5, 0.6) is 11.5 Å². The van der Waals surface area contributed by atoms with Crippen LogP contribution in [0, 0.1) is 11.8 Å². The lowest BCUT2D eigenvalue weighted by Gasteiger charge is -2.36. The second-order valence-corrected chi connectivity index (χ2v) is 11.0.